The van der Waals surface area contributed by atoms with Gasteiger partial charge in [0, 0.05) is 34.0 Å². The van der Waals surface area contributed by atoms with Gasteiger partial charge >= 0.3 is 0 Å². The molecule has 156 valence electrons. The van der Waals surface area contributed by atoms with E-state index < -0.39 is 11.5 Å². The second kappa shape index (κ2) is 8.70. The van der Waals surface area contributed by atoms with Gasteiger partial charge in [-0.15, -0.1) is 0 Å². The fourth-order valence-corrected chi connectivity index (χ4v) is 3.83. The number of benzene rings is 2. The Balaban J connectivity index is 1.71. The van der Waals surface area contributed by atoms with Gasteiger partial charge in [-0.05, 0) is 43.2 Å². The van der Waals surface area contributed by atoms with E-state index in [0.29, 0.717) is 46.8 Å². The lowest BCUT2D eigenvalue weighted by molar-refractivity contribution is 0.0902. The Bertz CT molecular complexity index is 1230. The molecule has 0 fully saturated rings. The largest absolute Gasteiger partial charge is 0.344 e. The van der Waals surface area contributed by atoms with E-state index in [1.165, 1.54) is 10.6 Å². The zero-order chi connectivity index (χ0) is 22.0. The van der Waals surface area contributed by atoms with Crippen molar-refractivity contribution in [2.75, 3.05) is 6.54 Å². The minimum Gasteiger partial charge on any atom is -0.344 e. The molecule has 1 aliphatic carbocycles. The van der Waals surface area contributed by atoms with E-state index in [1.807, 2.05) is 0 Å². The van der Waals surface area contributed by atoms with Crippen LogP contribution >= 0.6 is 11.6 Å². The number of amides is 1. The molecule has 6 nitrogen and oxygen atoms in total. The average molecular weight is 435 g/mol. The summed E-state index contributed by atoms with van der Waals surface area (Å²) >= 11 is 5.97. The normalized spacial score (nSPS) is 12.9. The molecular weight excluding hydrogens is 416 g/mol. The van der Waals surface area contributed by atoms with Crippen LogP contribution < -0.4 is 10.9 Å². The van der Waals surface area contributed by atoms with E-state index in [2.05, 4.69) is 5.32 Å². The first-order chi connectivity index (χ1) is 15.0. The highest BCUT2D eigenvalue weighted by Gasteiger charge is 2.26. The lowest BCUT2D eigenvalue weighted by Crippen LogP contribution is -2.37. The minimum absolute atomic E-state index is 0.113. The zero-order valence-electron chi connectivity index (χ0n) is 16.6. The lowest BCUT2D eigenvalue weighted by Gasteiger charge is -2.21. The SMILES string of the molecule is O=C(CNC(=O)c1cc2c(n(-c3ccc(Cl)cc3)c1=O)CCCC2=O)c1ccccc1. The van der Waals surface area contributed by atoms with Gasteiger partial charge in [0.15, 0.2) is 11.6 Å². The number of rotatable bonds is 5. The highest BCUT2D eigenvalue weighted by molar-refractivity contribution is 6.30. The average Bonchev–Trinajstić information content (AvgIpc) is 2.78. The van der Waals surface area contributed by atoms with Crippen LogP contribution in [0.5, 0.6) is 0 Å². The van der Waals surface area contributed by atoms with E-state index in [0.717, 1.165) is 0 Å². The van der Waals surface area contributed by atoms with Crippen molar-refractivity contribution in [2.45, 2.75) is 19.3 Å². The molecule has 0 unspecified atom stereocenters. The van der Waals surface area contributed by atoms with Crippen LogP contribution in [-0.4, -0.2) is 28.6 Å². The minimum atomic E-state index is -0.696. The summed E-state index contributed by atoms with van der Waals surface area (Å²) in [5.41, 5.74) is 1.21. The molecule has 1 aromatic heterocycles. The lowest BCUT2D eigenvalue weighted by atomic mass is 9.92. The smallest absolute Gasteiger partial charge is 0.268 e. The van der Waals surface area contributed by atoms with Crippen molar-refractivity contribution in [1.82, 2.24) is 9.88 Å². The van der Waals surface area contributed by atoms with E-state index in [-0.39, 0.29) is 23.7 Å². The molecule has 0 saturated carbocycles. The highest BCUT2D eigenvalue weighted by atomic mass is 35.5. The number of carbonyl (C=O) groups excluding carboxylic acids is 3. The van der Waals surface area contributed by atoms with E-state index >= 15 is 0 Å². The second-order valence-corrected chi connectivity index (χ2v) is 7.72. The van der Waals surface area contributed by atoms with Gasteiger partial charge in [-0.2, -0.15) is 0 Å². The molecule has 3 aromatic rings. The predicted octanol–water partition coefficient (Wildman–Crippen LogP) is 3.62. The van der Waals surface area contributed by atoms with Crippen molar-refractivity contribution < 1.29 is 14.4 Å². The maximum absolute atomic E-state index is 13.3. The molecule has 2 aromatic carbocycles. The number of carbonyl (C=O) groups is 3. The molecular formula is C24H19ClN2O4. The summed E-state index contributed by atoms with van der Waals surface area (Å²) < 4.78 is 1.40. The number of aromatic nitrogens is 1. The number of ketones is 2. The fraction of sp³-hybridized carbons (Fsp3) is 0.167. The third-order valence-electron chi connectivity index (χ3n) is 5.26. The molecule has 0 spiro atoms. The molecule has 7 heteroatoms. The topological polar surface area (TPSA) is 85.2 Å². The van der Waals surface area contributed by atoms with Crippen LogP contribution in [0, 0.1) is 0 Å². The van der Waals surface area contributed by atoms with Gasteiger partial charge in [-0.25, -0.2) is 0 Å². The number of Topliss-reactive ketones (excluding diaryl/α,β-unsaturated/α-hetero) is 2. The number of nitrogens with zero attached hydrogens (tertiary/aromatic N) is 1. The third kappa shape index (κ3) is 4.20. The quantitative estimate of drug-likeness (QED) is 0.621. The van der Waals surface area contributed by atoms with Crippen LogP contribution in [0.1, 0.15) is 49.6 Å². The number of halogens is 1. The molecule has 0 radical (unpaired) electrons. The first kappa shape index (κ1) is 20.8. The molecule has 1 amide bonds. The fourth-order valence-electron chi connectivity index (χ4n) is 3.70. The van der Waals surface area contributed by atoms with Crippen LogP contribution in [0.25, 0.3) is 5.69 Å². The Hall–Kier alpha value is -3.51. The van der Waals surface area contributed by atoms with Crippen molar-refractivity contribution in [3.05, 3.63) is 98.4 Å². The van der Waals surface area contributed by atoms with Crippen molar-refractivity contribution in [1.29, 1.82) is 0 Å². The number of nitrogens with one attached hydrogen (secondary N) is 1. The molecule has 1 aliphatic rings. The molecule has 31 heavy (non-hydrogen) atoms. The Morgan fingerprint density at radius 1 is 0.968 bits per heavy atom. The van der Waals surface area contributed by atoms with E-state index in [4.69, 9.17) is 11.6 Å². The number of pyridine rings is 1. The second-order valence-electron chi connectivity index (χ2n) is 7.28. The molecule has 0 bridgehead atoms. The molecule has 1 N–H and O–H groups in total. The summed E-state index contributed by atoms with van der Waals surface area (Å²) in [7, 11) is 0. The molecule has 0 atom stereocenters. The summed E-state index contributed by atoms with van der Waals surface area (Å²) in [4.78, 5) is 50.9. The highest BCUT2D eigenvalue weighted by Crippen LogP contribution is 2.24. The first-order valence-electron chi connectivity index (χ1n) is 9.90. The van der Waals surface area contributed by atoms with Gasteiger partial charge in [0.1, 0.15) is 5.56 Å². The van der Waals surface area contributed by atoms with Crippen molar-refractivity contribution in [2.24, 2.45) is 0 Å². The van der Waals surface area contributed by atoms with Crippen LogP contribution in [0.2, 0.25) is 5.02 Å². The van der Waals surface area contributed by atoms with Crippen molar-refractivity contribution >= 4 is 29.1 Å². The summed E-state index contributed by atoms with van der Waals surface area (Å²) in [5, 5.41) is 3.02. The Morgan fingerprint density at radius 2 is 1.68 bits per heavy atom. The first-order valence-corrected chi connectivity index (χ1v) is 10.3. The maximum atomic E-state index is 13.3. The molecule has 1 heterocycles. The molecule has 4 rings (SSSR count). The van der Waals surface area contributed by atoms with Crippen LogP contribution in [-0.2, 0) is 6.42 Å². The Kier molecular flexibility index (Phi) is 5.82. The van der Waals surface area contributed by atoms with Crippen molar-refractivity contribution in [3.63, 3.8) is 0 Å². The van der Waals surface area contributed by atoms with Crippen LogP contribution in [0.4, 0.5) is 0 Å². The van der Waals surface area contributed by atoms with E-state index in [1.54, 1.807) is 54.6 Å². The summed E-state index contributed by atoms with van der Waals surface area (Å²) in [6, 6.07) is 16.5. The Labute approximate surface area is 183 Å². The predicted molar refractivity (Wildman–Crippen MR) is 117 cm³/mol. The van der Waals surface area contributed by atoms with Gasteiger partial charge < -0.3 is 5.32 Å². The summed E-state index contributed by atoms with van der Waals surface area (Å²) in [6.07, 6.45) is 1.54. The van der Waals surface area contributed by atoms with E-state index in [9.17, 15) is 19.2 Å². The van der Waals surface area contributed by atoms with Crippen molar-refractivity contribution in [3.8, 4) is 5.69 Å². The van der Waals surface area contributed by atoms with Gasteiger partial charge in [0.25, 0.3) is 11.5 Å². The van der Waals surface area contributed by atoms with Gasteiger partial charge in [-0.3, -0.25) is 23.7 Å². The zero-order valence-corrected chi connectivity index (χ0v) is 17.3. The number of hydrogen-bond acceptors (Lipinski definition) is 4. The maximum Gasteiger partial charge on any atom is 0.268 e. The number of fused-ring (bicyclic) bond motifs is 1. The molecule has 0 saturated heterocycles. The monoisotopic (exact) mass is 434 g/mol. The van der Waals surface area contributed by atoms with Gasteiger partial charge in [-0.1, -0.05) is 41.9 Å². The third-order valence-corrected chi connectivity index (χ3v) is 5.51. The molecule has 0 aliphatic heterocycles. The van der Waals surface area contributed by atoms with Crippen LogP contribution in [0.3, 0.4) is 0 Å². The number of hydrogen-bond donors (Lipinski definition) is 1. The standard InChI is InChI=1S/C24H19ClN2O4/c25-16-9-11-17(12-10-16)27-20-7-4-8-21(28)18(20)13-19(24(27)31)23(30)26-14-22(29)15-5-2-1-3-6-15/h1-3,5-6,9-13H,4,7-8,14H2,(H,26,30). The van der Waals surface area contributed by atoms with Gasteiger partial charge in [0.2, 0.25) is 0 Å². The van der Waals surface area contributed by atoms with Crippen LogP contribution in [0.15, 0.2) is 65.5 Å². The van der Waals surface area contributed by atoms with Gasteiger partial charge in [0.05, 0.1) is 6.54 Å². The summed E-state index contributed by atoms with van der Waals surface area (Å²) in [5.74, 6) is -1.09. The Morgan fingerprint density at radius 3 is 2.39 bits per heavy atom. The summed E-state index contributed by atoms with van der Waals surface area (Å²) in [6.45, 7) is -0.256.